The first-order chi connectivity index (χ1) is 14.9. The van der Waals surface area contributed by atoms with Crippen molar-refractivity contribution in [1.82, 2.24) is 4.90 Å². The lowest BCUT2D eigenvalue weighted by molar-refractivity contribution is -0.385. The number of nitro benzene ring substituents is 1. The number of esters is 1. The van der Waals surface area contributed by atoms with E-state index >= 15 is 0 Å². The maximum absolute atomic E-state index is 13.2. The number of para-hydroxylation sites is 1. The number of ether oxygens (including phenoxy) is 1. The number of carbonyl (C=O) groups is 2. The van der Waals surface area contributed by atoms with Crippen molar-refractivity contribution in [3.63, 3.8) is 0 Å². The maximum Gasteiger partial charge on any atom is 0.311 e. The lowest BCUT2D eigenvalue weighted by atomic mass is 9.93. The highest BCUT2D eigenvalue weighted by molar-refractivity contribution is 5.82. The average molecular weight is 428 g/mol. The molecule has 0 aromatic heterocycles. The largest absolute Gasteiger partial charge is 0.455 e. The van der Waals surface area contributed by atoms with Gasteiger partial charge in [-0.1, -0.05) is 49.6 Å². The van der Waals surface area contributed by atoms with Gasteiger partial charge in [0, 0.05) is 24.2 Å². The highest BCUT2D eigenvalue weighted by Crippen LogP contribution is 2.25. The van der Waals surface area contributed by atoms with Crippen LogP contribution in [-0.2, 0) is 27.3 Å². The van der Waals surface area contributed by atoms with Gasteiger partial charge in [0.1, 0.15) is 5.82 Å². The van der Waals surface area contributed by atoms with Crippen LogP contribution in [0.3, 0.4) is 0 Å². The van der Waals surface area contributed by atoms with Gasteiger partial charge in [0.15, 0.2) is 6.61 Å². The molecule has 0 spiro atoms. The van der Waals surface area contributed by atoms with Crippen LogP contribution in [0.5, 0.6) is 0 Å². The van der Waals surface area contributed by atoms with Gasteiger partial charge in [-0.3, -0.25) is 19.7 Å². The molecule has 1 aliphatic rings. The quantitative estimate of drug-likeness (QED) is 0.357. The second kappa shape index (κ2) is 10.7. The van der Waals surface area contributed by atoms with E-state index in [0.717, 1.165) is 37.7 Å². The van der Waals surface area contributed by atoms with Gasteiger partial charge >= 0.3 is 5.97 Å². The normalized spacial score (nSPS) is 14.1. The topological polar surface area (TPSA) is 89.7 Å². The molecule has 0 bridgehead atoms. The molecule has 0 unspecified atom stereocenters. The number of hydrogen-bond acceptors (Lipinski definition) is 5. The number of nitro groups is 1. The van der Waals surface area contributed by atoms with Crippen LogP contribution in [0.2, 0.25) is 0 Å². The second-order valence-corrected chi connectivity index (χ2v) is 7.66. The SMILES string of the molecule is O=C(Cc1ccccc1[N+](=O)[O-])OCC(=O)N(Cc1ccc(F)cc1)C1CCCCC1. The first-order valence-electron chi connectivity index (χ1n) is 10.4. The summed E-state index contributed by atoms with van der Waals surface area (Å²) in [5, 5.41) is 11.1. The van der Waals surface area contributed by atoms with E-state index in [1.165, 1.54) is 30.3 Å². The van der Waals surface area contributed by atoms with E-state index in [2.05, 4.69) is 0 Å². The Morgan fingerprint density at radius 3 is 2.42 bits per heavy atom. The smallest absolute Gasteiger partial charge is 0.311 e. The lowest BCUT2D eigenvalue weighted by Crippen LogP contribution is -2.43. The molecule has 0 N–H and O–H groups in total. The van der Waals surface area contributed by atoms with Crippen molar-refractivity contribution in [2.45, 2.75) is 51.1 Å². The summed E-state index contributed by atoms with van der Waals surface area (Å²) in [6.45, 7) is -0.122. The van der Waals surface area contributed by atoms with Crippen LogP contribution in [-0.4, -0.2) is 34.3 Å². The van der Waals surface area contributed by atoms with Gasteiger partial charge in [0.05, 0.1) is 11.3 Å². The van der Waals surface area contributed by atoms with Gasteiger partial charge in [-0.2, -0.15) is 0 Å². The first kappa shape index (κ1) is 22.4. The van der Waals surface area contributed by atoms with Crippen LogP contribution in [0, 0.1) is 15.9 Å². The molecule has 0 atom stereocenters. The minimum Gasteiger partial charge on any atom is -0.455 e. The summed E-state index contributed by atoms with van der Waals surface area (Å²) < 4.78 is 18.4. The second-order valence-electron chi connectivity index (χ2n) is 7.66. The summed E-state index contributed by atoms with van der Waals surface area (Å²) in [6, 6.07) is 12.0. The average Bonchev–Trinajstić information content (AvgIpc) is 2.78. The summed E-state index contributed by atoms with van der Waals surface area (Å²) in [6.07, 6.45) is 4.63. The monoisotopic (exact) mass is 428 g/mol. The van der Waals surface area contributed by atoms with Gasteiger partial charge in [0.2, 0.25) is 0 Å². The fraction of sp³-hybridized carbons (Fsp3) is 0.391. The van der Waals surface area contributed by atoms with Crippen molar-refractivity contribution >= 4 is 17.6 Å². The molecule has 1 saturated carbocycles. The van der Waals surface area contributed by atoms with Gasteiger partial charge in [0.25, 0.3) is 11.6 Å². The number of rotatable bonds is 8. The van der Waals surface area contributed by atoms with Crippen LogP contribution in [0.15, 0.2) is 48.5 Å². The molecular weight excluding hydrogens is 403 g/mol. The molecule has 2 aromatic carbocycles. The van der Waals surface area contributed by atoms with E-state index in [4.69, 9.17) is 4.74 Å². The number of carbonyl (C=O) groups excluding carboxylic acids is 2. The molecule has 1 aliphatic carbocycles. The summed E-state index contributed by atoms with van der Waals surface area (Å²) in [5.74, 6) is -1.37. The zero-order valence-corrected chi connectivity index (χ0v) is 17.2. The molecule has 0 saturated heterocycles. The number of amides is 1. The lowest BCUT2D eigenvalue weighted by Gasteiger charge is -2.34. The van der Waals surface area contributed by atoms with E-state index in [-0.39, 0.29) is 35.4 Å². The van der Waals surface area contributed by atoms with Gasteiger partial charge in [-0.05, 0) is 30.5 Å². The molecule has 1 fully saturated rings. The fourth-order valence-electron chi connectivity index (χ4n) is 3.87. The molecule has 2 aromatic rings. The third-order valence-electron chi connectivity index (χ3n) is 5.48. The maximum atomic E-state index is 13.2. The fourth-order valence-corrected chi connectivity index (χ4v) is 3.87. The Morgan fingerprint density at radius 1 is 1.06 bits per heavy atom. The Hall–Kier alpha value is -3.29. The molecule has 0 radical (unpaired) electrons. The highest BCUT2D eigenvalue weighted by atomic mass is 19.1. The van der Waals surface area contributed by atoms with Gasteiger partial charge in [-0.15, -0.1) is 0 Å². The summed E-state index contributed by atoms with van der Waals surface area (Å²) in [4.78, 5) is 37.4. The Morgan fingerprint density at radius 2 is 1.74 bits per heavy atom. The molecule has 164 valence electrons. The first-order valence-corrected chi connectivity index (χ1v) is 10.4. The van der Waals surface area contributed by atoms with Crippen molar-refractivity contribution in [3.05, 3.63) is 75.6 Å². The van der Waals surface area contributed by atoms with Crippen LogP contribution in [0.25, 0.3) is 0 Å². The number of nitrogens with zero attached hydrogens (tertiary/aromatic N) is 2. The van der Waals surface area contributed by atoms with Gasteiger partial charge < -0.3 is 9.64 Å². The Labute approximate surface area is 180 Å². The van der Waals surface area contributed by atoms with E-state index in [1.54, 1.807) is 23.1 Å². The van der Waals surface area contributed by atoms with Crippen molar-refractivity contribution in [1.29, 1.82) is 0 Å². The van der Waals surface area contributed by atoms with Crippen LogP contribution in [0.1, 0.15) is 43.2 Å². The standard InChI is InChI=1S/C23H25FN2O5/c24-19-12-10-17(11-13-19)15-25(20-7-2-1-3-8-20)22(27)16-31-23(28)14-18-6-4-5-9-21(18)26(29)30/h4-6,9-13,20H,1-3,7-8,14-16H2. The predicted octanol–water partition coefficient (Wildman–Crippen LogP) is 4.18. The Balaban J connectivity index is 1.63. The zero-order valence-electron chi connectivity index (χ0n) is 17.2. The molecule has 1 amide bonds. The minimum atomic E-state index is -0.701. The minimum absolute atomic E-state index is 0.0419. The number of halogens is 1. The summed E-state index contributed by atoms with van der Waals surface area (Å²) in [7, 11) is 0. The predicted molar refractivity (Wildman–Crippen MR) is 112 cm³/mol. The highest BCUT2D eigenvalue weighted by Gasteiger charge is 2.26. The zero-order chi connectivity index (χ0) is 22.2. The van der Waals surface area contributed by atoms with E-state index in [0.29, 0.717) is 6.54 Å². The van der Waals surface area contributed by atoms with Crippen molar-refractivity contribution < 1.29 is 23.6 Å². The molecular formula is C23H25FN2O5. The van der Waals surface area contributed by atoms with E-state index in [9.17, 15) is 24.1 Å². The van der Waals surface area contributed by atoms with Crippen LogP contribution >= 0.6 is 0 Å². The number of hydrogen-bond donors (Lipinski definition) is 0. The summed E-state index contributed by atoms with van der Waals surface area (Å²) in [5.41, 5.74) is 0.873. The third-order valence-corrected chi connectivity index (χ3v) is 5.48. The third kappa shape index (κ3) is 6.34. The molecule has 0 aliphatic heterocycles. The molecule has 8 heteroatoms. The Bertz CT molecular complexity index is 926. The molecule has 3 rings (SSSR count). The Kier molecular flexibility index (Phi) is 7.70. The van der Waals surface area contributed by atoms with Crippen LogP contribution in [0.4, 0.5) is 10.1 Å². The molecule has 7 nitrogen and oxygen atoms in total. The summed E-state index contributed by atoms with van der Waals surface area (Å²) >= 11 is 0. The van der Waals surface area contributed by atoms with Crippen molar-refractivity contribution in [2.24, 2.45) is 0 Å². The number of benzene rings is 2. The van der Waals surface area contributed by atoms with Gasteiger partial charge in [-0.25, -0.2) is 4.39 Å². The van der Waals surface area contributed by atoms with Crippen LogP contribution < -0.4 is 0 Å². The van der Waals surface area contributed by atoms with Crippen molar-refractivity contribution in [2.75, 3.05) is 6.61 Å². The van der Waals surface area contributed by atoms with E-state index < -0.39 is 17.5 Å². The molecule has 31 heavy (non-hydrogen) atoms. The van der Waals surface area contributed by atoms with Crippen molar-refractivity contribution in [3.8, 4) is 0 Å². The van der Waals surface area contributed by atoms with E-state index in [1.807, 2.05) is 0 Å². The molecule has 0 heterocycles.